The Bertz CT molecular complexity index is 1660. The molecule has 1 N–H and O–H groups in total. The minimum Gasteiger partial charge on any atom is -0.352 e. The van der Waals surface area contributed by atoms with E-state index in [2.05, 4.69) is 5.32 Å². The van der Waals surface area contributed by atoms with Crippen molar-refractivity contribution in [1.29, 1.82) is 0 Å². The predicted molar refractivity (Wildman–Crippen MR) is 176 cm³/mol. The highest BCUT2D eigenvalue weighted by Crippen LogP contribution is 2.31. The minimum absolute atomic E-state index is 0.00355. The summed E-state index contributed by atoms with van der Waals surface area (Å²) < 4.78 is 29.1. The van der Waals surface area contributed by atoms with E-state index in [9.17, 15) is 18.0 Å². The molecule has 0 bridgehead atoms. The lowest BCUT2D eigenvalue weighted by Gasteiger charge is -2.34. The number of hydrogen-bond acceptors (Lipinski definition) is 4. The van der Waals surface area contributed by atoms with Gasteiger partial charge in [0, 0.05) is 19.0 Å². The Labute approximate surface area is 269 Å². The number of carbonyl (C=O) groups is 2. The molecule has 0 radical (unpaired) electrons. The second-order valence-corrected chi connectivity index (χ2v) is 13.1. The molecular weight excluding hydrogens is 617 g/mol. The molecule has 0 aliphatic heterocycles. The summed E-state index contributed by atoms with van der Waals surface area (Å²) in [5.41, 5.74) is 1.82. The molecule has 0 aromatic heterocycles. The van der Waals surface area contributed by atoms with Crippen LogP contribution in [0.1, 0.15) is 31.4 Å². The van der Waals surface area contributed by atoms with Crippen LogP contribution in [0.5, 0.6) is 0 Å². The Morgan fingerprint density at radius 3 is 1.93 bits per heavy atom. The molecule has 10 heteroatoms. The molecule has 4 aromatic rings. The van der Waals surface area contributed by atoms with Crippen molar-refractivity contribution in [1.82, 2.24) is 10.2 Å². The predicted octanol–water partition coefficient (Wildman–Crippen LogP) is 6.74. The highest BCUT2D eigenvalue weighted by Gasteiger charge is 2.35. The van der Waals surface area contributed by atoms with Crippen LogP contribution >= 0.6 is 23.2 Å². The molecule has 0 fully saturated rings. The van der Waals surface area contributed by atoms with Crippen LogP contribution in [-0.4, -0.2) is 43.8 Å². The molecule has 2 unspecified atom stereocenters. The SMILES string of the molecule is CCC(C)NC(=O)C(Cc1ccccc1)N(Cc1ccccc1)C(=O)CN(c1ccc(Cl)c(Cl)c1)S(=O)(=O)c1ccccc1. The Morgan fingerprint density at radius 1 is 0.795 bits per heavy atom. The van der Waals surface area contributed by atoms with Crippen LogP contribution in [0.15, 0.2) is 114 Å². The highest BCUT2D eigenvalue weighted by molar-refractivity contribution is 7.92. The summed E-state index contributed by atoms with van der Waals surface area (Å²) in [4.78, 5) is 29.7. The van der Waals surface area contributed by atoms with Crippen LogP contribution in [0.2, 0.25) is 10.0 Å². The topological polar surface area (TPSA) is 86.8 Å². The molecule has 0 saturated carbocycles. The number of nitrogens with zero attached hydrogens (tertiary/aromatic N) is 2. The van der Waals surface area contributed by atoms with Crippen molar-refractivity contribution < 1.29 is 18.0 Å². The van der Waals surface area contributed by atoms with Crippen LogP contribution in [0.3, 0.4) is 0 Å². The van der Waals surface area contributed by atoms with Gasteiger partial charge in [0.15, 0.2) is 0 Å². The maximum absolute atomic E-state index is 14.4. The standard InChI is InChI=1S/C34H35Cl2N3O4S/c1-3-25(2)37-34(41)32(21-26-13-7-4-8-14-26)38(23-27-15-9-5-10-16-27)33(40)24-39(28-19-20-30(35)31(36)22-28)44(42,43)29-17-11-6-12-18-29/h4-20,22,25,32H,3,21,23-24H2,1-2H3,(H,37,41). The Balaban J connectivity index is 1.80. The fourth-order valence-electron chi connectivity index (χ4n) is 4.66. The lowest BCUT2D eigenvalue weighted by Crippen LogP contribution is -2.54. The normalized spacial score (nSPS) is 12.6. The number of halogens is 2. The van der Waals surface area contributed by atoms with E-state index in [-0.39, 0.29) is 45.5 Å². The number of sulfonamides is 1. The van der Waals surface area contributed by atoms with E-state index in [0.29, 0.717) is 6.42 Å². The van der Waals surface area contributed by atoms with Crippen molar-refractivity contribution in [3.63, 3.8) is 0 Å². The molecular formula is C34H35Cl2N3O4S. The van der Waals surface area contributed by atoms with Gasteiger partial charge in [-0.1, -0.05) is 109 Å². The van der Waals surface area contributed by atoms with Gasteiger partial charge in [0.2, 0.25) is 11.8 Å². The molecule has 2 amide bonds. The van der Waals surface area contributed by atoms with Gasteiger partial charge in [-0.2, -0.15) is 0 Å². The first kappa shape index (κ1) is 33.1. The van der Waals surface area contributed by atoms with Gasteiger partial charge in [0.25, 0.3) is 10.0 Å². The summed E-state index contributed by atoms with van der Waals surface area (Å²) in [6.07, 6.45) is 0.941. The monoisotopic (exact) mass is 651 g/mol. The molecule has 0 saturated heterocycles. The lowest BCUT2D eigenvalue weighted by molar-refractivity contribution is -0.140. The van der Waals surface area contributed by atoms with E-state index < -0.39 is 28.5 Å². The van der Waals surface area contributed by atoms with Crippen molar-refractivity contribution in [3.05, 3.63) is 130 Å². The number of nitrogens with one attached hydrogen (secondary N) is 1. The fraction of sp³-hybridized carbons (Fsp3) is 0.235. The average molecular weight is 653 g/mol. The van der Waals surface area contributed by atoms with Gasteiger partial charge >= 0.3 is 0 Å². The summed E-state index contributed by atoms with van der Waals surface area (Å²) in [5, 5.41) is 3.41. The molecule has 4 rings (SSSR count). The third-order valence-corrected chi connectivity index (χ3v) is 9.80. The minimum atomic E-state index is -4.23. The van der Waals surface area contributed by atoms with E-state index >= 15 is 0 Å². The summed E-state index contributed by atoms with van der Waals surface area (Å²) in [7, 11) is -4.23. The average Bonchev–Trinajstić information content (AvgIpc) is 3.04. The Kier molecular flexibility index (Phi) is 11.4. The van der Waals surface area contributed by atoms with Crippen molar-refractivity contribution in [2.24, 2.45) is 0 Å². The first-order valence-electron chi connectivity index (χ1n) is 14.3. The molecule has 44 heavy (non-hydrogen) atoms. The first-order valence-corrected chi connectivity index (χ1v) is 16.5. The van der Waals surface area contributed by atoms with E-state index in [4.69, 9.17) is 23.2 Å². The lowest BCUT2D eigenvalue weighted by atomic mass is 10.0. The molecule has 2 atom stereocenters. The molecule has 7 nitrogen and oxygen atoms in total. The second kappa shape index (κ2) is 15.2. The largest absolute Gasteiger partial charge is 0.352 e. The zero-order valence-corrected chi connectivity index (χ0v) is 26.9. The number of amides is 2. The third-order valence-electron chi connectivity index (χ3n) is 7.27. The smallest absolute Gasteiger partial charge is 0.264 e. The molecule has 0 heterocycles. The van der Waals surface area contributed by atoms with Crippen LogP contribution in [0.25, 0.3) is 0 Å². The molecule has 0 aliphatic rings. The number of rotatable bonds is 13. The van der Waals surface area contributed by atoms with Crippen LogP contribution in [-0.2, 0) is 32.6 Å². The van der Waals surface area contributed by atoms with Gasteiger partial charge in [0.05, 0.1) is 20.6 Å². The molecule has 0 spiro atoms. The van der Waals surface area contributed by atoms with Gasteiger partial charge in [-0.3, -0.25) is 13.9 Å². The van der Waals surface area contributed by atoms with Crippen molar-refractivity contribution in [2.45, 2.75) is 50.2 Å². The first-order chi connectivity index (χ1) is 21.1. The van der Waals surface area contributed by atoms with Crippen LogP contribution < -0.4 is 9.62 Å². The van der Waals surface area contributed by atoms with Gasteiger partial charge in [0.1, 0.15) is 12.6 Å². The number of carbonyl (C=O) groups excluding carboxylic acids is 2. The third kappa shape index (κ3) is 8.40. The van der Waals surface area contributed by atoms with Crippen LogP contribution in [0.4, 0.5) is 5.69 Å². The van der Waals surface area contributed by atoms with Crippen molar-refractivity contribution in [2.75, 3.05) is 10.8 Å². The van der Waals surface area contributed by atoms with Crippen LogP contribution in [0, 0.1) is 0 Å². The summed E-state index contributed by atoms with van der Waals surface area (Å²) in [6.45, 7) is 3.38. The zero-order valence-electron chi connectivity index (χ0n) is 24.6. The number of anilines is 1. The number of hydrogen-bond donors (Lipinski definition) is 1. The Hall–Kier alpha value is -3.85. The van der Waals surface area contributed by atoms with E-state index in [1.807, 2.05) is 74.5 Å². The van der Waals surface area contributed by atoms with Gasteiger partial charge in [-0.05, 0) is 54.8 Å². The fourth-order valence-corrected chi connectivity index (χ4v) is 6.38. The quantitative estimate of drug-likeness (QED) is 0.173. The van der Waals surface area contributed by atoms with Gasteiger partial charge in [-0.15, -0.1) is 0 Å². The maximum Gasteiger partial charge on any atom is 0.264 e. The second-order valence-electron chi connectivity index (χ2n) is 10.5. The molecule has 4 aromatic carbocycles. The summed E-state index contributed by atoms with van der Waals surface area (Å²) >= 11 is 12.5. The maximum atomic E-state index is 14.4. The zero-order chi connectivity index (χ0) is 31.7. The molecule has 0 aliphatic carbocycles. The van der Waals surface area contributed by atoms with Crippen molar-refractivity contribution >= 4 is 50.7 Å². The van der Waals surface area contributed by atoms with E-state index in [1.54, 1.807) is 18.2 Å². The van der Waals surface area contributed by atoms with Gasteiger partial charge in [-0.25, -0.2) is 8.42 Å². The van der Waals surface area contributed by atoms with E-state index in [0.717, 1.165) is 15.4 Å². The van der Waals surface area contributed by atoms with Crippen molar-refractivity contribution in [3.8, 4) is 0 Å². The summed E-state index contributed by atoms with van der Waals surface area (Å²) in [5.74, 6) is -0.876. The van der Waals surface area contributed by atoms with Gasteiger partial charge < -0.3 is 10.2 Å². The Morgan fingerprint density at radius 2 is 1.36 bits per heavy atom. The highest BCUT2D eigenvalue weighted by atomic mass is 35.5. The molecule has 230 valence electrons. The summed E-state index contributed by atoms with van der Waals surface area (Å²) in [6, 6.07) is 29.9. The van der Waals surface area contributed by atoms with E-state index in [1.165, 1.54) is 35.2 Å². The number of benzene rings is 4.